The van der Waals surface area contributed by atoms with Gasteiger partial charge in [0.05, 0.1) is 0 Å². The van der Waals surface area contributed by atoms with Gasteiger partial charge in [0.1, 0.15) is 0 Å². The minimum Gasteiger partial charge on any atom is -0.326 e. The summed E-state index contributed by atoms with van der Waals surface area (Å²) < 4.78 is 0. The van der Waals surface area contributed by atoms with Crippen molar-refractivity contribution in [2.75, 3.05) is 6.54 Å². The monoisotopic (exact) mass is 234 g/mol. The molecule has 0 atom stereocenters. The Morgan fingerprint density at radius 1 is 1.29 bits per heavy atom. The molecule has 0 saturated carbocycles. The number of hydrogen-bond donors (Lipinski definition) is 2. The molecular formula is C10H16Cl2N2. The lowest BCUT2D eigenvalue weighted by molar-refractivity contribution is 0.638. The molecule has 0 fully saturated rings. The van der Waals surface area contributed by atoms with Crippen molar-refractivity contribution in [3.63, 3.8) is 0 Å². The molecule has 0 spiro atoms. The van der Waals surface area contributed by atoms with Crippen LogP contribution in [-0.4, -0.2) is 6.54 Å². The molecule has 1 aromatic rings. The van der Waals surface area contributed by atoms with Crippen LogP contribution in [0.4, 0.5) is 0 Å². The maximum absolute atomic E-state index is 5.65. The van der Waals surface area contributed by atoms with Gasteiger partial charge in [-0.15, -0.1) is 24.8 Å². The van der Waals surface area contributed by atoms with Gasteiger partial charge in [0, 0.05) is 13.1 Å². The smallest absolute Gasteiger partial charge is 0.0208 e. The Morgan fingerprint density at radius 3 is 2.79 bits per heavy atom. The molecule has 1 aromatic carbocycles. The van der Waals surface area contributed by atoms with E-state index in [9.17, 15) is 0 Å². The Balaban J connectivity index is 0.000000845. The molecule has 1 aliphatic rings. The molecule has 14 heavy (non-hydrogen) atoms. The summed E-state index contributed by atoms with van der Waals surface area (Å²) in [6.45, 7) is 2.76. The van der Waals surface area contributed by atoms with Crippen molar-refractivity contribution >= 4 is 24.8 Å². The van der Waals surface area contributed by atoms with E-state index in [0.717, 1.165) is 19.5 Å². The zero-order valence-corrected chi connectivity index (χ0v) is 9.59. The zero-order valence-electron chi connectivity index (χ0n) is 7.95. The fourth-order valence-corrected chi connectivity index (χ4v) is 1.80. The number of hydrogen-bond acceptors (Lipinski definition) is 2. The first-order valence-electron chi connectivity index (χ1n) is 4.42. The van der Waals surface area contributed by atoms with Crippen molar-refractivity contribution in [1.82, 2.24) is 5.32 Å². The zero-order chi connectivity index (χ0) is 8.39. The Kier molecular flexibility index (Phi) is 6.12. The second-order valence-corrected chi connectivity index (χ2v) is 3.19. The SMILES string of the molecule is Cl.Cl.NCc1cccc2c1CCNC2. The third kappa shape index (κ3) is 2.61. The first-order valence-corrected chi connectivity index (χ1v) is 4.42. The fourth-order valence-electron chi connectivity index (χ4n) is 1.80. The molecule has 80 valence electrons. The molecule has 0 saturated heterocycles. The van der Waals surface area contributed by atoms with Crippen molar-refractivity contribution in [2.45, 2.75) is 19.5 Å². The van der Waals surface area contributed by atoms with Gasteiger partial charge < -0.3 is 11.1 Å². The highest BCUT2D eigenvalue weighted by molar-refractivity contribution is 5.85. The summed E-state index contributed by atoms with van der Waals surface area (Å²) in [6.07, 6.45) is 1.13. The van der Waals surface area contributed by atoms with E-state index in [0.29, 0.717) is 6.54 Å². The Hall–Kier alpha value is -0.280. The molecule has 0 aromatic heterocycles. The molecule has 2 nitrogen and oxygen atoms in total. The number of nitrogens with two attached hydrogens (primary N) is 1. The van der Waals surface area contributed by atoms with Crippen LogP contribution in [0.2, 0.25) is 0 Å². The van der Waals surface area contributed by atoms with Gasteiger partial charge in [0.15, 0.2) is 0 Å². The summed E-state index contributed by atoms with van der Waals surface area (Å²) in [5.74, 6) is 0. The summed E-state index contributed by atoms with van der Waals surface area (Å²) in [5, 5.41) is 3.35. The lowest BCUT2D eigenvalue weighted by Gasteiger charge is -2.19. The summed E-state index contributed by atoms with van der Waals surface area (Å²) in [4.78, 5) is 0. The minimum absolute atomic E-state index is 0. The highest BCUT2D eigenvalue weighted by Gasteiger charge is 2.10. The average molecular weight is 235 g/mol. The van der Waals surface area contributed by atoms with Crippen molar-refractivity contribution in [3.05, 3.63) is 34.9 Å². The Labute approximate surface area is 97.1 Å². The number of rotatable bonds is 1. The predicted molar refractivity (Wildman–Crippen MR) is 64.2 cm³/mol. The minimum atomic E-state index is 0. The standard InChI is InChI=1S/C10H14N2.2ClH/c11-6-8-2-1-3-9-7-12-5-4-10(8)9;;/h1-3,12H,4-7,11H2;2*1H. The van der Waals surface area contributed by atoms with Gasteiger partial charge in [-0.3, -0.25) is 0 Å². The van der Waals surface area contributed by atoms with Crippen molar-refractivity contribution < 1.29 is 0 Å². The second-order valence-electron chi connectivity index (χ2n) is 3.19. The van der Waals surface area contributed by atoms with Gasteiger partial charge in [0.2, 0.25) is 0 Å². The van der Waals surface area contributed by atoms with Crippen LogP contribution in [0.5, 0.6) is 0 Å². The molecule has 0 radical (unpaired) electrons. The topological polar surface area (TPSA) is 38.0 Å². The first-order chi connectivity index (χ1) is 5.92. The molecule has 0 bridgehead atoms. The van der Waals surface area contributed by atoms with E-state index in [4.69, 9.17) is 5.73 Å². The summed E-state index contributed by atoms with van der Waals surface area (Å²) in [5.41, 5.74) is 9.86. The molecule has 0 amide bonds. The van der Waals surface area contributed by atoms with Crippen molar-refractivity contribution in [1.29, 1.82) is 0 Å². The van der Waals surface area contributed by atoms with E-state index in [2.05, 4.69) is 23.5 Å². The van der Waals surface area contributed by atoms with Gasteiger partial charge in [-0.25, -0.2) is 0 Å². The third-order valence-electron chi connectivity index (χ3n) is 2.46. The van der Waals surface area contributed by atoms with E-state index >= 15 is 0 Å². The van der Waals surface area contributed by atoms with E-state index in [1.54, 1.807) is 0 Å². The summed E-state index contributed by atoms with van der Waals surface area (Å²) in [6, 6.07) is 6.40. The van der Waals surface area contributed by atoms with E-state index < -0.39 is 0 Å². The van der Waals surface area contributed by atoms with Crippen molar-refractivity contribution in [3.8, 4) is 0 Å². The molecule has 1 aliphatic heterocycles. The van der Waals surface area contributed by atoms with Crippen molar-refractivity contribution in [2.24, 2.45) is 5.73 Å². The lowest BCUT2D eigenvalue weighted by Crippen LogP contribution is -2.25. The first kappa shape index (κ1) is 13.7. The van der Waals surface area contributed by atoms with E-state index in [1.807, 2.05) is 0 Å². The Morgan fingerprint density at radius 2 is 2.07 bits per heavy atom. The van der Waals surface area contributed by atoms with E-state index in [-0.39, 0.29) is 24.8 Å². The molecule has 0 unspecified atom stereocenters. The third-order valence-corrected chi connectivity index (χ3v) is 2.46. The van der Waals surface area contributed by atoms with Gasteiger partial charge in [-0.1, -0.05) is 18.2 Å². The van der Waals surface area contributed by atoms with Crippen LogP contribution < -0.4 is 11.1 Å². The molecule has 1 heterocycles. The number of fused-ring (bicyclic) bond motifs is 1. The van der Waals surface area contributed by atoms with Gasteiger partial charge >= 0.3 is 0 Å². The van der Waals surface area contributed by atoms with Gasteiger partial charge in [-0.05, 0) is 29.7 Å². The van der Waals surface area contributed by atoms with Gasteiger partial charge in [-0.2, -0.15) is 0 Å². The van der Waals surface area contributed by atoms with Crippen LogP contribution in [0, 0.1) is 0 Å². The average Bonchev–Trinajstić information content (AvgIpc) is 2.17. The van der Waals surface area contributed by atoms with Crippen LogP contribution >= 0.6 is 24.8 Å². The van der Waals surface area contributed by atoms with Crippen LogP contribution in [-0.2, 0) is 19.5 Å². The van der Waals surface area contributed by atoms with Crippen LogP contribution in [0.3, 0.4) is 0 Å². The highest BCUT2D eigenvalue weighted by atomic mass is 35.5. The maximum atomic E-state index is 5.65. The number of nitrogens with one attached hydrogen (secondary N) is 1. The highest BCUT2D eigenvalue weighted by Crippen LogP contribution is 2.17. The van der Waals surface area contributed by atoms with E-state index in [1.165, 1.54) is 16.7 Å². The van der Waals surface area contributed by atoms with Crippen LogP contribution in [0.15, 0.2) is 18.2 Å². The molecule has 4 heteroatoms. The van der Waals surface area contributed by atoms with Crippen LogP contribution in [0.1, 0.15) is 16.7 Å². The predicted octanol–water partition coefficient (Wildman–Crippen LogP) is 1.63. The second kappa shape index (κ2) is 6.25. The van der Waals surface area contributed by atoms with Crippen LogP contribution in [0.25, 0.3) is 0 Å². The normalized spacial score (nSPS) is 13.5. The quantitative estimate of drug-likeness (QED) is 0.776. The molecular weight excluding hydrogens is 219 g/mol. The maximum Gasteiger partial charge on any atom is 0.0208 e. The Bertz CT molecular complexity index is 275. The lowest BCUT2D eigenvalue weighted by atomic mass is 9.96. The number of halogens is 2. The number of benzene rings is 1. The summed E-state index contributed by atoms with van der Waals surface area (Å²) >= 11 is 0. The molecule has 3 N–H and O–H groups in total. The van der Waals surface area contributed by atoms with Gasteiger partial charge in [0.25, 0.3) is 0 Å². The summed E-state index contributed by atoms with van der Waals surface area (Å²) in [7, 11) is 0. The molecule has 0 aliphatic carbocycles. The molecule has 2 rings (SSSR count). The largest absolute Gasteiger partial charge is 0.326 e. The fraction of sp³-hybridized carbons (Fsp3) is 0.400.